The van der Waals surface area contributed by atoms with Gasteiger partial charge >= 0.3 is 5.51 Å². The Hall–Kier alpha value is -1.03. The number of alkyl halides is 3. The number of hydrogen-bond donors (Lipinski definition) is 0. The number of hydrogen-bond acceptors (Lipinski definition) is 0. The van der Waals surface area contributed by atoms with Gasteiger partial charge in [-0.25, -0.2) is 0 Å². The molecule has 86 valence electrons. The van der Waals surface area contributed by atoms with Crippen LogP contribution in [0.5, 0.6) is 0 Å². The molecule has 0 radical (unpaired) electrons. The van der Waals surface area contributed by atoms with E-state index in [0.29, 0.717) is 15.0 Å². The average Bonchev–Trinajstić information content (AvgIpc) is 2.55. The van der Waals surface area contributed by atoms with Crippen molar-refractivity contribution in [3.63, 3.8) is 0 Å². The Balaban J connectivity index is 2.80. The van der Waals surface area contributed by atoms with Crippen LogP contribution in [0.2, 0.25) is 0 Å². The second kappa shape index (κ2) is 3.77. The number of thiophene rings is 1. The van der Waals surface area contributed by atoms with Gasteiger partial charge in [-0.2, -0.15) is 0 Å². The zero-order valence-corrected chi connectivity index (χ0v) is 9.82. The number of benzene rings is 1. The summed E-state index contributed by atoms with van der Waals surface area (Å²) in [5.74, 6) is -0.0719. The van der Waals surface area contributed by atoms with Crippen LogP contribution in [-0.4, -0.2) is 0 Å². The van der Waals surface area contributed by atoms with Crippen molar-refractivity contribution in [3.8, 4) is 0 Å². The van der Waals surface area contributed by atoms with Crippen molar-refractivity contribution in [2.45, 2.75) is 25.3 Å². The zero-order valence-electron chi connectivity index (χ0n) is 9.01. The topological polar surface area (TPSA) is 0 Å². The van der Waals surface area contributed by atoms with Crippen molar-refractivity contribution in [1.29, 1.82) is 0 Å². The summed E-state index contributed by atoms with van der Waals surface area (Å²) in [5.41, 5.74) is -4.16. The van der Waals surface area contributed by atoms with Crippen molar-refractivity contribution in [2.75, 3.05) is 0 Å². The van der Waals surface area contributed by atoms with Gasteiger partial charge in [0.15, 0.2) is 9.58 Å². The third-order valence-electron chi connectivity index (χ3n) is 2.47. The molecule has 0 nitrogen and oxygen atoms in total. The molecule has 1 aromatic carbocycles. The molecule has 0 amide bonds. The van der Waals surface area contributed by atoms with E-state index in [2.05, 4.69) is 0 Å². The molecule has 4 heteroatoms. The molecule has 0 fully saturated rings. The molecule has 1 unspecified atom stereocenters. The van der Waals surface area contributed by atoms with Gasteiger partial charge in [-0.3, -0.25) is 0 Å². The van der Waals surface area contributed by atoms with Gasteiger partial charge < -0.3 is 0 Å². The predicted molar refractivity (Wildman–Crippen MR) is 61.8 cm³/mol. The van der Waals surface area contributed by atoms with E-state index < -0.39 is 16.0 Å². The Morgan fingerprint density at radius 3 is 2.31 bits per heavy atom. The lowest BCUT2D eigenvalue weighted by Gasteiger charge is -2.01. The molecular weight excluding hydrogens is 233 g/mol. The summed E-state index contributed by atoms with van der Waals surface area (Å²) < 4.78 is 39.5. The Kier molecular flexibility index (Phi) is 2.70. The van der Waals surface area contributed by atoms with Gasteiger partial charge in [0.2, 0.25) is 0 Å². The second-order valence-electron chi connectivity index (χ2n) is 3.99. The Labute approximate surface area is 94.7 Å². The highest BCUT2D eigenvalue weighted by Crippen LogP contribution is 2.52. The van der Waals surface area contributed by atoms with Gasteiger partial charge in [0.05, 0.1) is 10.5 Å². The summed E-state index contributed by atoms with van der Waals surface area (Å²) >= 11 is 0. The van der Waals surface area contributed by atoms with E-state index in [9.17, 15) is 13.2 Å². The van der Waals surface area contributed by atoms with Crippen LogP contribution in [0.25, 0.3) is 10.1 Å². The lowest BCUT2D eigenvalue weighted by atomic mass is 10.1. The normalized spacial score (nSPS) is 13.8. The maximum atomic E-state index is 13.0. The molecule has 2 aromatic rings. The minimum atomic E-state index is -4.16. The highest BCUT2D eigenvalue weighted by molar-refractivity contribution is 7.38. The molecule has 0 N–H and O–H groups in total. The van der Waals surface area contributed by atoms with E-state index >= 15 is 0 Å². The molecule has 0 spiro atoms. The van der Waals surface area contributed by atoms with Crippen molar-refractivity contribution in [2.24, 2.45) is 0 Å². The largest absolute Gasteiger partial charge is 0.600 e. The first-order valence-corrected chi connectivity index (χ1v) is 6.25. The van der Waals surface area contributed by atoms with Gasteiger partial charge in [-0.05, 0) is 12.1 Å². The van der Waals surface area contributed by atoms with E-state index in [1.165, 1.54) is 0 Å². The fourth-order valence-corrected chi connectivity index (χ4v) is 3.85. The summed E-state index contributed by atoms with van der Waals surface area (Å²) in [6.45, 7) is 3.62. The predicted octanol–water partition coefficient (Wildman–Crippen LogP) is 5.19. The van der Waals surface area contributed by atoms with E-state index in [-0.39, 0.29) is 5.92 Å². The summed E-state index contributed by atoms with van der Waals surface area (Å²) in [6, 6.07) is 8.46. The highest BCUT2D eigenvalue weighted by atomic mass is 32.2. The van der Waals surface area contributed by atoms with Gasteiger partial charge in [0.25, 0.3) is 0 Å². The SMILES string of the molecule is CC(C)c1cc2ccccc2[s+]1C(F)(F)F. The first kappa shape index (κ1) is 11.5. The lowest BCUT2D eigenvalue weighted by Crippen LogP contribution is -1.99. The third-order valence-corrected chi connectivity index (χ3v) is 4.81. The molecule has 16 heavy (non-hydrogen) atoms. The number of rotatable bonds is 1. The quantitative estimate of drug-likeness (QED) is 0.606. The molecule has 1 atom stereocenters. The molecule has 2 rings (SSSR count). The van der Waals surface area contributed by atoms with Crippen molar-refractivity contribution in [3.05, 3.63) is 35.2 Å². The van der Waals surface area contributed by atoms with Gasteiger partial charge in [0.1, 0.15) is 0 Å². The fourth-order valence-electron chi connectivity index (χ4n) is 1.79. The molecule has 1 heterocycles. The summed E-state index contributed by atoms with van der Waals surface area (Å²) in [6.07, 6.45) is 0. The minimum Gasteiger partial charge on any atom is -0.118 e. The summed E-state index contributed by atoms with van der Waals surface area (Å²) in [5, 5.41) is 0.715. The van der Waals surface area contributed by atoms with Crippen molar-refractivity contribution < 1.29 is 13.2 Å². The maximum Gasteiger partial charge on any atom is 0.600 e. The van der Waals surface area contributed by atoms with Crippen LogP contribution < -0.4 is 0 Å². The Bertz CT molecular complexity index is 508. The molecule has 0 saturated heterocycles. The Morgan fingerprint density at radius 1 is 1.12 bits per heavy atom. The maximum absolute atomic E-state index is 13.0. The lowest BCUT2D eigenvalue weighted by molar-refractivity contribution is -0.0868. The van der Waals surface area contributed by atoms with E-state index in [4.69, 9.17) is 0 Å². The van der Waals surface area contributed by atoms with Crippen LogP contribution in [0.3, 0.4) is 0 Å². The summed E-state index contributed by atoms with van der Waals surface area (Å²) in [4.78, 5) is 0.494. The second-order valence-corrected chi connectivity index (χ2v) is 5.98. The summed E-state index contributed by atoms with van der Waals surface area (Å²) in [7, 11) is -1.73. The van der Waals surface area contributed by atoms with Crippen LogP contribution >= 0.6 is 10.5 Å². The first-order valence-electron chi connectivity index (χ1n) is 5.03. The van der Waals surface area contributed by atoms with E-state index in [0.717, 1.165) is 0 Å². The fraction of sp³-hybridized carbons (Fsp3) is 0.333. The van der Waals surface area contributed by atoms with Crippen LogP contribution in [0.15, 0.2) is 30.3 Å². The Morgan fingerprint density at radius 2 is 1.75 bits per heavy atom. The molecule has 0 aliphatic heterocycles. The standard InChI is InChI=1S/C12H12F3S/c1-8(2)11-7-9-5-3-4-6-10(9)16(11)12(13,14)15/h3-8H,1-2H3/q+1. The van der Waals surface area contributed by atoms with Crippen LogP contribution in [0.1, 0.15) is 24.6 Å². The minimum absolute atomic E-state index is 0.0719. The van der Waals surface area contributed by atoms with Crippen LogP contribution in [0, 0.1) is 0 Å². The zero-order chi connectivity index (χ0) is 11.9. The number of fused-ring (bicyclic) bond motifs is 1. The monoisotopic (exact) mass is 245 g/mol. The van der Waals surface area contributed by atoms with E-state index in [1.807, 2.05) is 13.8 Å². The third kappa shape index (κ3) is 1.82. The van der Waals surface area contributed by atoms with Crippen molar-refractivity contribution >= 4 is 20.6 Å². The smallest absolute Gasteiger partial charge is 0.118 e. The van der Waals surface area contributed by atoms with Gasteiger partial charge in [-0.15, -0.1) is 13.2 Å². The van der Waals surface area contributed by atoms with Crippen LogP contribution in [-0.2, 0) is 5.51 Å². The average molecular weight is 245 g/mol. The molecular formula is C12H12F3S+. The highest BCUT2D eigenvalue weighted by Gasteiger charge is 2.48. The van der Waals surface area contributed by atoms with Gasteiger partial charge in [-0.1, -0.05) is 26.0 Å². The van der Waals surface area contributed by atoms with Gasteiger partial charge in [0, 0.05) is 17.4 Å². The molecule has 0 bridgehead atoms. The van der Waals surface area contributed by atoms with E-state index in [1.54, 1.807) is 30.3 Å². The first-order chi connectivity index (χ1) is 7.41. The molecule has 0 saturated carbocycles. The molecule has 1 aromatic heterocycles. The van der Waals surface area contributed by atoms with Crippen LogP contribution in [0.4, 0.5) is 13.2 Å². The molecule has 0 aliphatic carbocycles. The van der Waals surface area contributed by atoms with Crippen molar-refractivity contribution in [1.82, 2.24) is 0 Å². The number of halogens is 3. The molecule has 0 aliphatic rings.